The Bertz CT molecular complexity index is 675. The third-order valence-corrected chi connectivity index (χ3v) is 3.90. The smallest absolute Gasteiger partial charge is 0.255 e. The van der Waals surface area contributed by atoms with Gasteiger partial charge in [0.05, 0.1) is 29.8 Å². The van der Waals surface area contributed by atoms with E-state index in [0.717, 1.165) is 4.90 Å². The fourth-order valence-electron chi connectivity index (χ4n) is 2.46. The molecule has 3 N–H and O–H groups in total. The van der Waals surface area contributed by atoms with E-state index in [1.807, 2.05) is 0 Å². The first-order valence-electron chi connectivity index (χ1n) is 7.06. The zero-order valence-electron chi connectivity index (χ0n) is 13.1. The number of carbonyl (C=O) groups is 3. The predicted molar refractivity (Wildman–Crippen MR) is 85.3 cm³/mol. The Kier molecular flexibility index (Phi) is 4.79. The lowest BCUT2D eigenvalue weighted by Crippen LogP contribution is -2.43. The molecule has 1 aliphatic heterocycles. The molecule has 1 unspecified atom stereocenters. The highest BCUT2D eigenvalue weighted by Crippen LogP contribution is 2.29. The molecule has 7 nitrogen and oxygen atoms in total. The van der Waals surface area contributed by atoms with E-state index in [4.69, 9.17) is 22.1 Å². The Hall–Kier alpha value is -2.28. The van der Waals surface area contributed by atoms with Gasteiger partial charge in [-0.1, -0.05) is 11.6 Å². The van der Waals surface area contributed by atoms with Gasteiger partial charge in [0, 0.05) is 12.1 Å². The number of methoxy groups -OCH3 is 1. The van der Waals surface area contributed by atoms with Crippen LogP contribution < -0.4 is 15.8 Å². The summed E-state index contributed by atoms with van der Waals surface area (Å²) in [6.45, 7) is 3.48. The van der Waals surface area contributed by atoms with Crippen molar-refractivity contribution < 1.29 is 19.1 Å². The van der Waals surface area contributed by atoms with Gasteiger partial charge in [0.25, 0.3) is 11.8 Å². The normalized spacial score (nSPS) is 17.8. The molecule has 0 aromatic heterocycles. The number of hydrogen-bond donors (Lipinski definition) is 2. The van der Waals surface area contributed by atoms with E-state index in [-0.39, 0.29) is 40.4 Å². The summed E-state index contributed by atoms with van der Waals surface area (Å²) in [5.74, 6) is -1.04. The van der Waals surface area contributed by atoms with E-state index < -0.39 is 17.9 Å². The summed E-state index contributed by atoms with van der Waals surface area (Å²) >= 11 is 5.93. The van der Waals surface area contributed by atoms with Gasteiger partial charge < -0.3 is 15.8 Å². The van der Waals surface area contributed by atoms with Crippen molar-refractivity contribution in [2.75, 3.05) is 12.8 Å². The molecule has 0 radical (unpaired) electrons. The van der Waals surface area contributed by atoms with Crippen molar-refractivity contribution in [2.45, 2.75) is 32.4 Å². The molecule has 3 amide bonds. The second-order valence-corrected chi connectivity index (χ2v) is 5.91. The monoisotopic (exact) mass is 339 g/mol. The molecule has 1 atom stereocenters. The van der Waals surface area contributed by atoms with E-state index in [9.17, 15) is 14.4 Å². The summed E-state index contributed by atoms with van der Waals surface area (Å²) in [6.07, 6.45) is -0.0617. The van der Waals surface area contributed by atoms with Gasteiger partial charge in [0.1, 0.15) is 11.8 Å². The highest BCUT2D eigenvalue weighted by atomic mass is 35.5. The first kappa shape index (κ1) is 17.1. The predicted octanol–water partition coefficient (Wildman–Crippen LogP) is 1.20. The molecule has 0 saturated carbocycles. The second kappa shape index (κ2) is 6.45. The fourth-order valence-corrected chi connectivity index (χ4v) is 2.62. The van der Waals surface area contributed by atoms with Crippen LogP contribution in [-0.4, -0.2) is 41.8 Å². The largest absolute Gasteiger partial charge is 0.496 e. The van der Waals surface area contributed by atoms with Crippen LogP contribution in [-0.2, 0) is 9.59 Å². The van der Waals surface area contributed by atoms with Gasteiger partial charge in [-0.2, -0.15) is 0 Å². The summed E-state index contributed by atoms with van der Waals surface area (Å²) < 4.78 is 5.11. The van der Waals surface area contributed by atoms with Crippen LogP contribution in [0.5, 0.6) is 5.75 Å². The summed E-state index contributed by atoms with van der Waals surface area (Å²) in [5, 5.41) is 2.75. The van der Waals surface area contributed by atoms with Crippen LogP contribution in [0, 0.1) is 0 Å². The van der Waals surface area contributed by atoms with Crippen molar-refractivity contribution in [3.63, 3.8) is 0 Å². The number of likely N-dealkylation sites (tertiary alicyclic amines) is 1. The lowest BCUT2D eigenvalue weighted by atomic mass is 10.1. The van der Waals surface area contributed by atoms with Crippen LogP contribution in [0.25, 0.3) is 0 Å². The molecule has 1 aromatic rings. The number of amides is 3. The number of benzene rings is 1. The van der Waals surface area contributed by atoms with E-state index in [2.05, 4.69) is 5.32 Å². The fraction of sp³-hybridized carbons (Fsp3) is 0.400. The van der Waals surface area contributed by atoms with Gasteiger partial charge in [0.2, 0.25) is 5.91 Å². The molecule has 1 fully saturated rings. The maximum absolute atomic E-state index is 12.4. The molecule has 0 spiro atoms. The molecular formula is C15H18ClN3O4. The lowest BCUT2D eigenvalue weighted by molar-refractivity contribution is -0.140. The summed E-state index contributed by atoms with van der Waals surface area (Å²) in [7, 11) is 1.39. The van der Waals surface area contributed by atoms with Crippen LogP contribution in [0.3, 0.4) is 0 Å². The van der Waals surface area contributed by atoms with Gasteiger partial charge in [-0.15, -0.1) is 0 Å². The maximum Gasteiger partial charge on any atom is 0.255 e. The van der Waals surface area contributed by atoms with E-state index in [0.29, 0.717) is 0 Å². The average Bonchev–Trinajstić information content (AvgIpc) is 2.75. The molecule has 0 aliphatic carbocycles. The summed E-state index contributed by atoms with van der Waals surface area (Å²) in [6, 6.07) is 1.65. The topological polar surface area (TPSA) is 102 Å². The SMILES string of the molecule is COc1cc(N)c(Cl)cc1C(=O)NC1CC(=O)N(C(C)C)C1=O. The van der Waals surface area contributed by atoms with Crippen molar-refractivity contribution in [1.82, 2.24) is 10.2 Å². The molecule has 23 heavy (non-hydrogen) atoms. The number of hydrogen-bond acceptors (Lipinski definition) is 5. The molecule has 1 aromatic carbocycles. The maximum atomic E-state index is 12.4. The number of nitrogens with zero attached hydrogens (tertiary/aromatic N) is 1. The van der Waals surface area contributed by atoms with Gasteiger partial charge in [-0.3, -0.25) is 19.3 Å². The van der Waals surface area contributed by atoms with E-state index in [1.54, 1.807) is 13.8 Å². The molecule has 1 heterocycles. The van der Waals surface area contributed by atoms with Crippen molar-refractivity contribution in [1.29, 1.82) is 0 Å². The third-order valence-electron chi connectivity index (χ3n) is 3.57. The van der Waals surface area contributed by atoms with Crippen molar-refractivity contribution in [2.24, 2.45) is 0 Å². The Morgan fingerprint density at radius 2 is 2.09 bits per heavy atom. The molecular weight excluding hydrogens is 322 g/mol. The molecule has 124 valence electrons. The number of nitrogens with two attached hydrogens (primary N) is 1. The molecule has 1 saturated heterocycles. The standard InChI is InChI=1S/C15H18ClN3O4/c1-7(2)19-13(20)6-11(15(19)22)18-14(21)8-4-9(16)10(17)5-12(8)23-3/h4-5,7,11H,6,17H2,1-3H3,(H,18,21). The number of nitrogens with one attached hydrogen (secondary N) is 1. The first-order chi connectivity index (χ1) is 10.8. The summed E-state index contributed by atoms with van der Waals surface area (Å²) in [5.41, 5.74) is 6.10. The Balaban J connectivity index is 2.22. The van der Waals surface area contributed by atoms with Crippen molar-refractivity contribution in [3.05, 3.63) is 22.7 Å². The van der Waals surface area contributed by atoms with Crippen LogP contribution in [0.15, 0.2) is 12.1 Å². The molecule has 8 heteroatoms. The van der Waals surface area contributed by atoms with Crippen molar-refractivity contribution >= 4 is 35.0 Å². The van der Waals surface area contributed by atoms with Crippen molar-refractivity contribution in [3.8, 4) is 5.75 Å². The average molecular weight is 340 g/mol. The minimum atomic E-state index is -0.890. The Labute approximate surface area is 138 Å². The van der Waals surface area contributed by atoms with Crippen LogP contribution in [0.2, 0.25) is 5.02 Å². The van der Waals surface area contributed by atoms with Crippen LogP contribution in [0.4, 0.5) is 5.69 Å². The van der Waals surface area contributed by atoms with E-state index in [1.165, 1.54) is 19.2 Å². The number of imide groups is 1. The van der Waals surface area contributed by atoms with Gasteiger partial charge in [-0.25, -0.2) is 0 Å². The zero-order valence-corrected chi connectivity index (χ0v) is 13.8. The van der Waals surface area contributed by atoms with Gasteiger partial charge in [0.15, 0.2) is 0 Å². The highest BCUT2D eigenvalue weighted by Gasteiger charge is 2.40. The highest BCUT2D eigenvalue weighted by molar-refractivity contribution is 6.33. The van der Waals surface area contributed by atoms with E-state index >= 15 is 0 Å². The Morgan fingerprint density at radius 3 is 2.61 bits per heavy atom. The number of nitrogen functional groups attached to an aromatic ring is 1. The number of anilines is 1. The van der Waals surface area contributed by atoms with Crippen LogP contribution >= 0.6 is 11.6 Å². The quantitative estimate of drug-likeness (QED) is 0.634. The number of rotatable bonds is 4. The zero-order chi connectivity index (χ0) is 17.3. The number of halogens is 1. The third kappa shape index (κ3) is 3.24. The van der Waals surface area contributed by atoms with Gasteiger partial charge in [-0.05, 0) is 19.9 Å². The lowest BCUT2D eigenvalue weighted by Gasteiger charge is -2.19. The molecule has 2 rings (SSSR count). The molecule has 1 aliphatic rings. The Morgan fingerprint density at radius 1 is 1.43 bits per heavy atom. The van der Waals surface area contributed by atoms with Crippen LogP contribution in [0.1, 0.15) is 30.6 Å². The second-order valence-electron chi connectivity index (χ2n) is 5.50. The minimum Gasteiger partial charge on any atom is -0.496 e. The molecule has 0 bridgehead atoms. The first-order valence-corrected chi connectivity index (χ1v) is 7.43. The summed E-state index contributed by atoms with van der Waals surface area (Å²) in [4.78, 5) is 37.6. The number of carbonyl (C=O) groups excluding carboxylic acids is 3. The number of ether oxygens (including phenoxy) is 1. The minimum absolute atomic E-state index is 0.0617. The van der Waals surface area contributed by atoms with Gasteiger partial charge >= 0.3 is 0 Å².